The maximum Gasteiger partial charge on any atom is 0.132 e. The lowest BCUT2D eigenvalue weighted by molar-refractivity contribution is 0.422. The quantitative estimate of drug-likeness (QED) is 0.685. The van der Waals surface area contributed by atoms with E-state index in [4.69, 9.17) is 5.73 Å². The number of hydrogen-bond donors (Lipinski definition) is 1. The molecule has 0 spiro atoms. The minimum Gasteiger partial charge on any atom is -0.397 e. The van der Waals surface area contributed by atoms with Crippen molar-refractivity contribution in [3.8, 4) is 11.4 Å². The van der Waals surface area contributed by atoms with Gasteiger partial charge in [-0.05, 0) is 12.1 Å². The van der Waals surface area contributed by atoms with E-state index < -0.39 is 0 Å². The Bertz CT molecular complexity index is 352. The summed E-state index contributed by atoms with van der Waals surface area (Å²) in [6.07, 6.45) is 3.09. The van der Waals surface area contributed by atoms with Crippen LogP contribution in [0.1, 0.15) is 0 Å². The average molecular weight is 161 g/mol. The number of anilines is 1. The second kappa shape index (κ2) is 2.65. The van der Waals surface area contributed by atoms with Crippen LogP contribution in [0, 0.1) is 0 Å². The van der Waals surface area contributed by atoms with Gasteiger partial charge in [0.1, 0.15) is 12.0 Å². The molecule has 0 amide bonds. The van der Waals surface area contributed by atoms with Crippen molar-refractivity contribution in [1.82, 2.24) is 10.1 Å². The molecule has 0 aliphatic heterocycles. The Labute approximate surface area is 69.0 Å². The monoisotopic (exact) mass is 161 g/mol. The molecule has 2 rings (SSSR count). The Kier molecular flexibility index (Phi) is 1.51. The summed E-state index contributed by atoms with van der Waals surface area (Å²) in [6, 6.07) is 5.32. The Balaban J connectivity index is 2.43. The highest BCUT2D eigenvalue weighted by Gasteiger charge is 2.00. The third-order valence-electron chi connectivity index (χ3n) is 1.49. The van der Waals surface area contributed by atoms with E-state index in [1.165, 1.54) is 6.26 Å². The summed E-state index contributed by atoms with van der Waals surface area (Å²) in [5.74, 6) is 0. The normalized spacial score (nSPS) is 10.0. The summed E-state index contributed by atoms with van der Waals surface area (Å²) in [6.45, 7) is 0. The second-order valence-corrected chi connectivity index (χ2v) is 2.36. The molecule has 60 valence electrons. The van der Waals surface area contributed by atoms with Crippen molar-refractivity contribution in [3.63, 3.8) is 0 Å². The molecule has 0 saturated heterocycles. The molecule has 4 heteroatoms. The molecule has 0 unspecified atom stereocenters. The highest BCUT2D eigenvalue weighted by atomic mass is 16.5. The summed E-state index contributed by atoms with van der Waals surface area (Å²) in [4.78, 5) is 4.07. The van der Waals surface area contributed by atoms with Gasteiger partial charge in [-0.3, -0.25) is 4.98 Å². The Morgan fingerprint density at radius 2 is 2.08 bits per heavy atom. The van der Waals surface area contributed by atoms with Gasteiger partial charge in [0.25, 0.3) is 0 Å². The molecule has 0 bridgehead atoms. The van der Waals surface area contributed by atoms with Crippen molar-refractivity contribution in [2.45, 2.75) is 0 Å². The first-order valence-corrected chi connectivity index (χ1v) is 3.48. The summed E-state index contributed by atoms with van der Waals surface area (Å²) in [5.41, 5.74) is 7.59. The van der Waals surface area contributed by atoms with Crippen molar-refractivity contribution in [1.29, 1.82) is 0 Å². The van der Waals surface area contributed by atoms with E-state index in [2.05, 4.69) is 14.7 Å². The minimum atomic E-state index is 0.641. The predicted molar refractivity (Wildman–Crippen MR) is 44.1 cm³/mol. The van der Waals surface area contributed by atoms with Crippen molar-refractivity contribution < 1.29 is 4.52 Å². The van der Waals surface area contributed by atoms with E-state index in [1.807, 2.05) is 0 Å². The molecular formula is C8H7N3O. The molecule has 2 N–H and O–H groups in total. The van der Waals surface area contributed by atoms with Crippen molar-refractivity contribution in [2.24, 2.45) is 0 Å². The average Bonchev–Trinajstić information content (AvgIpc) is 2.58. The first kappa shape index (κ1) is 6.84. The Hall–Kier alpha value is -1.84. The van der Waals surface area contributed by atoms with Crippen molar-refractivity contribution >= 4 is 5.69 Å². The van der Waals surface area contributed by atoms with Gasteiger partial charge in [0, 0.05) is 6.07 Å². The van der Waals surface area contributed by atoms with E-state index in [0.29, 0.717) is 5.69 Å². The molecule has 2 aromatic heterocycles. The fourth-order valence-electron chi connectivity index (χ4n) is 0.901. The Morgan fingerprint density at radius 1 is 1.17 bits per heavy atom. The molecule has 2 heterocycles. The standard InChI is InChI=1S/C8H7N3O/c9-6-1-2-7(10-5-6)8-3-4-12-11-8/h1-5H,9H2. The minimum absolute atomic E-state index is 0.641. The first-order chi connectivity index (χ1) is 5.86. The zero-order chi connectivity index (χ0) is 8.39. The van der Waals surface area contributed by atoms with E-state index in [1.54, 1.807) is 24.4 Å². The number of nitrogen functional groups attached to an aromatic ring is 1. The molecule has 0 aliphatic rings. The lowest BCUT2D eigenvalue weighted by atomic mass is 10.3. The molecule has 0 fully saturated rings. The molecule has 0 aliphatic carbocycles. The van der Waals surface area contributed by atoms with Gasteiger partial charge in [-0.25, -0.2) is 0 Å². The number of rotatable bonds is 1. The van der Waals surface area contributed by atoms with Crippen molar-refractivity contribution in [2.75, 3.05) is 5.73 Å². The van der Waals surface area contributed by atoms with E-state index in [-0.39, 0.29) is 0 Å². The lowest BCUT2D eigenvalue weighted by Gasteiger charge is -1.94. The molecule has 2 aromatic rings. The highest BCUT2D eigenvalue weighted by molar-refractivity contribution is 5.54. The van der Waals surface area contributed by atoms with Crippen LogP contribution in [0.25, 0.3) is 11.4 Å². The molecule has 4 nitrogen and oxygen atoms in total. The van der Waals surface area contributed by atoms with Crippen LogP contribution in [0.4, 0.5) is 5.69 Å². The molecule has 0 saturated carbocycles. The first-order valence-electron chi connectivity index (χ1n) is 3.48. The zero-order valence-corrected chi connectivity index (χ0v) is 6.27. The van der Waals surface area contributed by atoms with Gasteiger partial charge in [-0.15, -0.1) is 0 Å². The molecule has 0 atom stereocenters. The van der Waals surface area contributed by atoms with Crippen LogP contribution in [0.5, 0.6) is 0 Å². The van der Waals surface area contributed by atoms with E-state index in [9.17, 15) is 0 Å². The van der Waals surface area contributed by atoms with Gasteiger partial charge in [-0.1, -0.05) is 5.16 Å². The molecule has 0 aromatic carbocycles. The van der Waals surface area contributed by atoms with Crippen LogP contribution in [-0.2, 0) is 0 Å². The predicted octanol–water partition coefficient (Wildman–Crippen LogP) is 1.32. The summed E-state index contributed by atoms with van der Waals surface area (Å²) in [7, 11) is 0. The fourth-order valence-corrected chi connectivity index (χ4v) is 0.901. The number of nitrogens with two attached hydrogens (primary N) is 1. The lowest BCUT2D eigenvalue weighted by Crippen LogP contribution is -1.87. The molecule has 12 heavy (non-hydrogen) atoms. The zero-order valence-electron chi connectivity index (χ0n) is 6.27. The third-order valence-corrected chi connectivity index (χ3v) is 1.49. The number of pyridine rings is 1. The van der Waals surface area contributed by atoms with Crippen molar-refractivity contribution in [3.05, 3.63) is 30.7 Å². The highest BCUT2D eigenvalue weighted by Crippen LogP contribution is 2.14. The van der Waals surface area contributed by atoms with E-state index >= 15 is 0 Å². The van der Waals surface area contributed by atoms with Crippen LogP contribution < -0.4 is 5.73 Å². The number of aromatic nitrogens is 2. The van der Waals surface area contributed by atoms with Gasteiger partial charge < -0.3 is 10.3 Å². The van der Waals surface area contributed by atoms with Crippen LogP contribution in [-0.4, -0.2) is 10.1 Å². The fraction of sp³-hybridized carbons (Fsp3) is 0. The van der Waals surface area contributed by atoms with Crippen LogP contribution in [0.2, 0.25) is 0 Å². The maximum atomic E-state index is 5.47. The third kappa shape index (κ3) is 1.14. The number of nitrogens with zero attached hydrogens (tertiary/aromatic N) is 2. The Morgan fingerprint density at radius 3 is 2.67 bits per heavy atom. The summed E-state index contributed by atoms with van der Waals surface area (Å²) >= 11 is 0. The maximum absolute atomic E-state index is 5.47. The van der Waals surface area contributed by atoms with E-state index in [0.717, 1.165) is 11.4 Å². The van der Waals surface area contributed by atoms with Crippen LogP contribution >= 0.6 is 0 Å². The van der Waals surface area contributed by atoms with Crippen LogP contribution in [0.15, 0.2) is 35.2 Å². The number of hydrogen-bond acceptors (Lipinski definition) is 4. The van der Waals surface area contributed by atoms with Gasteiger partial charge in [0.05, 0.1) is 17.6 Å². The van der Waals surface area contributed by atoms with Crippen LogP contribution in [0.3, 0.4) is 0 Å². The van der Waals surface area contributed by atoms with Gasteiger partial charge >= 0.3 is 0 Å². The smallest absolute Gasteiger partial charge is 0.132 e. The van der Waals surface area contributed by atoms with Gasteiger partial charge in [-0.2, -0.15) is 0 Å². The molecular weight excluding hydrogens is 154 g/mol. The van der Waals surface area contributed by atoms with Gasteiger partial charge in [0.2, 0.25) is 0 Å². The summed E-state index contributed by atoms with van der Waals surface area (Å²) < 4.78 is 4.68. The van der Waals surface area contributed by atoms with Gasteiger partial charge in [0.15, 0.2) is 0 Å². The molecule has 0 radical (unpaired) electrons. The topological polar surface area (TPSA) is 64.9 Å². The second-order valence-electron chi connectivity index (χ2n) is 2.36. The largest absolute Gasteiger partial charge is 0.397 e. The SMILES string of the molecule is Nc1ccc(-c2ccon2)nc1. The summed E-state index contributed by atoms with van der Waals surface area (Å²) in [5, 5.41) is 3.74.